The maximum absolute atomic E-state index is 5.27. The summed E-state index contributed by atoms with van der Waals surface area (Å²) in [6, 6.07) is 0.566. The number of ether oxygens (including phenoxy) is 1. The first-order chi connectivity index (χ1) is 7.74. The van der Waals surface area contributed by atoms with Gasteiger partial charge in [-0.1, -0.05) is 19.8 Å². The molecule has 0 spiro atoms. The van der Waals surface area contributed by atoms with E-state index in [1.54, 1.807) is 7.11 Å². The third-order valence-electron chi connectivity index (χ3n) is 3.24. The molecular formula is C12H24N2OS. The second-order valence-electron chi connectivity index (χ2n) is 4.61. The highest BCUT2D eigenvalue weighted by Crippen LogP contribution is 2.23. The molecule has 0 bridgehead atoms. The Labute approximate surface area is 104 Å². The number of thiocarbonyl (C=S) groups is 1. The van der Waals surface area contributed by atoms with E-state index in [1.807, 2.05) is 0 Å². The van der Waals surface area contributed by atoms with E-state index in [2.05, 4.69) is 17.6 Å². The molecule has 0 aromatic rings. The number of hydrogen-bond donors (Lipinski definition) is 2. The van der Waals surface area contributed by atoms with Crippen LogP contribution in [0.3, 0.4) is 0 Å². The van der Waals surface area contributed by atoms with Gasteiger partial charge in [0.1, 0.15) is 0 Å². The van der Waals surface area contributed by atoms with Crippen LogP contribution in [0.5, 0.6) is 0 Å². The van der Waals surface area contributed by atoms with Gasteiger partial charge < -0.3 is 15.4 Å². The summed E-state index contributed by atoms with van der Waals surface area (Å²) in [5, 5.41) is 7.45. The lowest BCUT2D eigenvalue weighted by Gasteiger charge is -2.30. The van der Waals surface area contributed by atoms with Gasteiger partial charge in [-0.05, 0) is 37.4 Å². The first-order valence-corrected chi connectivity index (χ1v) is 6.68. The third-order valence-corrected chi connectivity index (χ3v) is 3.50. The van der Waals surface area contributed by atoms with Crippen molar-refractivity contribution < 1.29 is 4.74 Å². The molecule has 0 aromatic carbocycles. The van der Waals surface area contributed by atoms with Crippen molar-refractivity contribution in [1.29, 1.82) is 0 Å². The maximum Gasteiger partial charge on any atom is 0.166 e. The molecule has 0 amide bonds. The van der Waals surface area contributed by atoms with Gasteiger partial charge in [0.25, 0.3) is 0 Å². The summed E-state index contributed by atoms with van der Waals surface area (Å²) in [7, 11) is 1.72. The molecule has 1 fully saturated rings. The fourth-order valence-corrected chi connectivity index (χ4v) is 2.42. The molecule has 1 aliphatic carbocycles. The van der Waals surface area contributed by atoms with Gasteiger partial charge in [0.05, 0.1) is 0 Å². The maximum atomic E-state index is 5.27. The number of rotatable bonds is 5. The quantitative estimate of drug-likeness (QED) is 0.573. The first kappa shape index (κ1) is 13.7. The standard InChI is InChI=1S/C12H24N2OS/c1-10-6-3-4-7-11(10)14-12(16)13-8-5-9-15-2/h10-11H,3-9H2,1-2H3,(H2,13,14,16). The molecule has 3 nitrogen and oxygen atoms in total. The normalized spacial score (nSPS) is 25.1. The predicted octanol–water partition coefficient (Wildman–Crippen LogP) is 2.07. The van der Waals surface area contributed by atoms with Gasteiger partial charge in [-0.2, -0.15) is 0 Å². The second-order valence-corrected chi connectivity index (χ2v) is 5.02. The average molecular weight is 244 g/mol. The molecule has 94 valence electrons. The molecule has 0 radical (unpaired) electrons. The lowest BCUT2D eigenvalue weighted by molar-refractivity contribution is 0.195. The van der Waals surface area contributed by atoms with Crippen molar-refractivity contribution >= 4 is 17.3 Å². The van der Waals surface area contributed by atoms with Crippen LogP contribution < -0.4 is 10.6 Å². The van der Waals surface area contributed by atoms with Gasteiger partial charge in [-0.15, -0.1) is 0 Å². The number of hydrogen-bond acceptors (Lipinski definition) is 2. The highest BCUT2D eigenvalue weighted by molar-refractivity contribution is 7.80. The molecule has 1 saturated carbocycles. The van der Waals surface area contributed by atoms with Crippen LogP contribution >= 0.6 is 12.2 Å². The van der Waals surface area contributed by atoms with Crippen molar-refractivity contribution in [2.75, 3.05) is 20.3 Å². The van der Waals surface area contributed by atoms with Gasteiger partial charge in [0.2, 0.25) is 0 Å². The fraction of sp³-hybridized carbons (Fsp3) is 0.917. The average Bonchev–Trinajstić information content (AvgIpc) is 2.28. The van der Waals surface area contributed by atoms with Gasteiger partial charge in [0.15, 0.2) is 5.11 Å². The zero-order valence-corrected chi connectivity index (χ0v) is 11.2. The monoisotopic (exact) mass is 244 g/mol. The van der Waals surface area contributed by atoms with E-state index in [4.69, 9.17) is 17.0 Å². The van der Waals surface area contributed by atoms with Crippen LogP contribution in [0.2, 0.25) is 0 Å². The largest absolute Gasteiger partial charge is 0.385 e. The molecule has 4 heteroatoms. The van der Waals surface area contributed by atoms with Gasteiger partial charge >= 0.3 is 0 Å². The highest BCUT2D eigenvalue weighted by Gasteiger charge is 2.21. The summed E-state index contributed by atoms with van der Waals surface area (Å²) in [4.78, 5) is 0. The first-order valence-electron chi connectivity index (χ1n) is 6.27. The molecule has 16 heavy (non-hydrogen) atoms. The Bertz CT molecular complexity index is 211. The Morgan fingerprint density at radius 2 is 2.12 bits per heavy atom. The topological polar surface area (TPSA) is 33.3 Å². The summed E-state index contributed by atoms with van der Waals surface area (Å²) >= 11 is 5.27. The molecule has 1 rings (SSSR count). The zero-order chi connectivity index (χ0) is 11.8. The molecule has 2 atom stereocenters. The molecular weight excluding hydrogens is 220 g/mol. The zero-order valence-electron chi connectivity index (χ0n) is 10.4. The van der Waals surface area contributed by atoms with Gasteiger partial charge in [-0.3, -0.25) is 0 Å². The summed E-state index contributed by atoms with van der Waals surface area (Å²) in [5.41, 5.74) is 0. The van der Waals surface area contributed by atoms with Gasteiger partial charge in [0, 0.05) is 26.3 Å². The van der Waals surface area contributed by atoms with Crippen molar-refractivity contribution in [3.63, 3.8) is 0 Å². The lowest BCUT2D eigenvalue weighted by atomic mass is 9.86. The lowest BCUT2D eigenvalue weighted by Crippen LogP contribution is -2.46. The third kappa shape index (κ3) is 5.12. The van der Waals surface area contributed by atoms with E-state index in [0.29, 0.717) is 6.04 Å². The number of nitrogens with one attached hydrogen (secondary N) is 2. The van der Waals surface area contributed by atoms with E-state index >= 15 is 0 Å². The highest BCUT2D eigenvalue weighted by atomic mass is 32.1. The van der Waals surface area contributed by atoms with Crippen LogP contribution in [0.1, 0.15) is 39.0 Å². The van der Waals surface area contributed by atoms with Crippen molar-refractivity contribution in [3.8, 4) is 0 Å². The Morgan fingerprint density at radius 3 is 2.81 bits per heavy atom. The predicted molar refractivity (Wildman–Crippen MR) is 71.6 cm³/mol. The molecule has 0 saturated heterocycles. The summed E-state index contributed by atoms with van der Waals surface area (Å²) in [5.74, 6) is 0.743. The minimum atomic E-state index is 0.566. The van der Waals surface area contributed by atoms with Crippen molar-refractivity contribution in [2.24, 2.45) is 5.92 Å². The van der Waals surface area contributed by atoms with Crippen molar-refractivity contribution in [1.82, 2.24) is 10.6 Å². The molecule has 0 heterocycles. The Morgan fingerprint density at radius 1 is 1.38 bits per heavy atom. The van der Waals surface area contributed by atoms with Crippen LogP contribution in [0.15, 0.2) is 0 Å². The van der Waals surface area contributed by atoms with E-state index in [-0.39, 0.29) is 0 Å². The minimum Gasteiger partial charge on any atom is -0.385 e. The van der Waals surface area contributed by atoms with Crippen LogP contribution in [-0.4, -0.2) is 31.4 Å². The summed E-state index contributed by atoms with van der Waals surface area (Å²) in [6.45, 7) is 3.99. The molecule has 2 N–H and O–H groups in total. The Kier molecular flexibility index (Phi) is 6.73. The van der Waals surface area contributed by atoms with Crippen molar-refractivity contribution in [3.05, 3.63) is 0 Å². The van der Waals surface area contributed by atoms with Gasteiger partial charge in [-0.25, -0.2) is 0 Å². The van der Waals surface area contributed by atoms with E-state index in [1.165, 1.54) is 25.7 Å². The molecule has 1 aliphatic rings. The smallest absolute Gasteiger partial charge is 0.166 e. The SMILES string of the molecule is COCCCNC(=S)NC1CCCCC1C. The van der Waals surface area contributed by atoms with Crippen LogP contribution in [-0.2, 0) is 4.74 Å². The Balaban J connectivity index is 2.12. The second kappa shape index (κ2) is 7.85. The van der Waals surface area contributed by atoms with E-state index < -0.39 is 0 Å². The summed E-state index contributed by atoms with van der Waals surface area (Å²) in [6.07, 6.45) is 6.27. The van der Waals surface area contributed by atoms with Crippen molar-refractivity contribution in [2.45, 2.75) is 45.1 Å². The van der Waals surface area contributed by atoms with Crippen LogP contribution in [0, 0.1) is 5.92 Å². The van der Waals surface area contributed by atoms with E-state index in [0.717, 1.165) is 30.6 Å². The number of methoxy groups -OCH3 is 1. The Hall–Kier alpha value is -0.350. The summed E-state index contributed by atoms with van der Waals surface area (Å²) < 4.78 is 4.99. The van der Waals surface area contributed by atoms with E-state index in [9.17, 15) is 0 Å². The van der Waals surface area contributed by atoms with Crippen LogP contribution in [0.4, 0.5) is 0 Å². The molecule has 0 aromatic heterocycles. The molecule has 0 aliphatic heterocycles. The molecule has 2 unspecified atom stereocenters. The van der Waals surface area contributed by atoms with Crippen LogP contribution in [0.25, 0.3) is 0 Å². The minimum absolute atomic E-state index is 0.566. The fourth-order valence-electron chi connectivity index (χ4n) is 2.17.